The normalized spacial score (nSPS) is 21.2. The third-order valence-electron chi connectivity index (χ3n) is 6.19. The minimum atomic E-state index is 0.175. The number of carbonyl (C=O) groups excluding carboxylic acids is 1. The molecule has 0 aliphatic heterocycles. The van der Waals surface area contributed by atoms with Crippen molar-refractivity contribution in [2.75, 3.05) is 13.6 Å². The highest BCUT2D eigenvalue weighted by Gasteiger charge is 2.27. The lowest BCUT2D eigenvalue weighted by molar-refractivity contribution is -0.123. The van der Waals surface area contributed by atoms with Crippen LogP contribution < -0.4 is 5.32 Å². The van der Waals surface area contributed by atoms with Crippen molar-refractivity contribution in [3.8, 4) is 0 Å². The van der Waals surface area contributed by atoms with Crippen LogP contribution in [0.15, 0.2) is 30.3 Å². The van der Waals surface area contributed by atoms with Gasteiger partial charge in [0.05, 0.1) is 12.6 Å². The summed E-state index contributed by atoms with van der Waals surface area (Å²) in [6, 6.07) is 11.3. The predicted molar refractivity (Wildman–Crippen MR) is 103 cm³/mol. The van der Waals surface area contributed by atoms with Gasteiger partial charge in [0.2, 0.25) is 5.91 Å². The molecule has 1 amide bonds. The van der Waals surface area contributed by atoms with E-state index in [1.807, 2.05) is 0 Å². The number of hydrogen-bond donors (Lipinski definition) is 1. The SMILES string of the molecule is CN(CC(=O)NC(c1ccccc1)C1CCCCC1)C1CCCCC1. The standard InChI is InChI=1S/C22H34N2O/c1-24(20-15-9-4-10-16-20)17-21(25)23-22(18-11-5-2-6-12-18)19-13-7-3-8-14-19/h2,5-6,11-12,19-20,22H,3-4,7-10,13-17H2,1H3,(H,23,25). The van der Waals surface area contributed by atoms with E-state index in [-0.39, 0.29) is 11.9 Å². The van der Waals surface area contributed by atoms with Gasteiger partial charge in [-0.05, 0) is 44.2 Å². The molecule has 2 aliphatic rings. The Kier molecular flexibility index (Phi) is 6.92. The van der Waals surface area contributed by atoms with Gasteiger partial charge < -0.3 is 5.32 Å². The smallest absolute Gasteiger partial charge is 0.234 e. The molecule has 138 valence electrons. The van der Waals surface area contributed by atoms with Gasteiger partial charge in [-0.1, -0.05) is 68.9 Å². The zero-order chi connectivity index (χ0) is 17.5. The quantitative estimate of drug-likeness (QED) is 0.813. The Labute approximate surface area is 153 Å². The van der Waals surface area contributed by atoms with Gasteiger partial charge in [-0.3, -0.25) is 9.69 Å². The summed E-state index contributed by atoms with van der Waals surface area (Å²) in [6.07, 6.45) is 12.9. The number of carbonyl (C=O) groups is 1. The maximum absolute atomic E-state index is 12.8. The van der Waals surface area contributed by atoms with Crippen LogP contribution in [0.4, 0.5) is 0 Å². The van der Waals surface area contributed by atoms with Gasteiger partial charge in [0.1, 0.15) is 0 Å². The summed E-state index contributed by atoms with van der Waals surface area (Å²) in [7, 11) is 2.12. The van der Waals surface area contributed by atoms with Crippen LogP contribution in [0.25, 0.3) is 0 Å². The first-order valence-electron chi connectivity index (χ1n) is 10.3. The second kappa shape index (κ2) is 9.38. The lowest BCUT2D eigenvalue weighted by Gasteiger charge is -2.34. The van der Waals surface area contributed by atoms with Gasteiger partial charge in [-0.15, -0.1) is 0 Å². The maximum atomic E-state index is 12.8. The van der Waals surface area contributed by atoms with Crippen LogP contribution in [-0.2, 0) is 4.79 Å². The van der Waals surface area contributed by atoms with Crippen LogP contribution in [-0.4, -0.2) is 30.4 Å². The van der Waals surface area contributed by atoms with E-state index >= 15 is 0 Å². The largest absolute Gasteiger partial charge is 0.348 e. The molecule has 2 fully saturated rings. The minimum absolute atomic E-state index is 0.175. The van der Waals surface area contributed by atoms with Crippen molar-refractivity contribution in [2.24, 2.45) is 5.92 Å². The Morgan fingerprint density at radius 2 is 1.60 bits per heavy atom. The number of benzene rings is 1. The summed E-state index contributed by atoms with van der Waals surface area (Å²) >= 11 is 0. The molecule has 0 bridgehead atoms. The fraction of sp³-hybridized carbons (Fsp3) is 0.682. The molecule has 0 spiro atoms. The van der Waals surface area contributed by atoms with Crippen molar-refractivity contribution in [1.29, 1.82) is 0 Å². The molecular weight excluding hydrogens is 308 g/mol. The number of nitrogens with zero attached hydrogens (tertiary/aromatic N) is 1. The number of amides is 1. The topological polar surface area (TPSA) is 32.3 Å². The van der Waals surface area contributed by atoms with E-state index in [1.165, 1.54) is 69.8 Å². The van der Waals surface area contributed by atoms with E-state index in [0.717, 1.165) is 0 Å². The monoisotopic (exact) mass is 342 g/mol. The summed E-state index contributed by atoms with van der Waals surface area (Å²) in [5, 5.41) is 3.39. The summed E-state index contributed by atoms with van der Waals surface area (Å²) < 4.78 is 0. The van der Waals surface area contributed by atoms with Crippen LogP contribution in [0.1, 0.15) is 75.8 Å². The molecule has 25 heavy (non-hydrogen) atoms. The number of nitrogens with one attached hydrogen (secondary N) is 1. The first-order valence-corrected chi connectivity index (χ1v) is 10.3. The van der Waals surface area contributed by atoms with Crippen LogP contribution in [0.3, 0.4) is 0 Å². The van der Waals surface area contributed by atoms with Crippen molar-refractivity contribution < 1.29 is 4.79 Å². The van der Waals surface area contributed by atoms with E-state index in [4.69, 9.17) is 0 Å². The molecule has 3 heteroatoms. The zero-order valence-corrected chi connectivity index (χ0v) is 15.8. The Bertz CT molecular complexity index is 518. The van der Waals surface area contributed by atoms with E-state index < -0.39 is 0 Å². The van der Waals surface area contributed by atoms with Crippen LogP contribution in [0.5, 0.6) is 0 Å². The minimum Gasteiger partial charge on any atom is -0.348 e. The molecule has 0 heterocycles. The lowest BCUT2D eigenvalue weighted by Crippen LogP contribution is -2.43. The molecule has 1 unspecified atom stereocenters. The highest BCUT2D eigenvalue weighted by Crippen LogP contribution is 2.34. The molecule has 0 radical (unpaired) electrons. The van der Waals surface area contributed by atoms with Crippen molar-refractivity contribution in [3.05, 3.63) is 35.9 Å². The fourth-order valence-corrected chi connectivity index (χ4v) is 4.70. The molecule has 2 aliphatic carbocycles. The molecule has 3 nitrogen and oxygen atoms in total. The molecule has 2 saturated carbocycles. The van der Waals surface area contributed by atoms with Gasteiger partial charge in [-0.25, -0.2) is 0 Å². The number of likely N-dealkylation sites (N-methyl/N-ethyl adjacent to an activating group) is 1. The van der Waals surface area contributed by atoms with Crippen molar-refractivity contribution in [3.63, 3.8) is 0 Å². The summed E-state index contributed by atoms with van der Waals surface area (Å²) in [4.78, 5) is 15.0. The van der Waals surface area contributed by atoms with E-state index in [0.29, 0.717) is 18.5 Å². The van der Waals surface area contributed by atoms with Gasteiger partial charge in [-0.2, -0.15) is 0 Å². The van der Waals surface area contributed by atoms with Gasteiger partial charge in [0.15, 0.2) is 0 Å². The maximum Gasteiger partial charge on any atom is 0.234 e. The Morgan fingerprint density at radius 1 is 1.00 bits per heavy atom. The van der Waals surface area contributed by atoms with Gasteiger partial charge in [0.25, 0.3) is 0 Å². The van der Waals surface area contributed by atoms with Crippen molar-refractivity contribution >= 4 is 5.91 Å². The van der Waals surface area contributed by atoms with Crippen LogP contribution in [0, 0.1) is 5.92 Å². The first-order chi connectivity index (χ1) is 12.2. The molecule has 1 N–H and O–H groups in total. The second-order valence-electron chi connectivity index (χ2n) is 8.06. The third-order valence-corrected chi connectivity index (χ3v) is 6.19. The lowest BCUT2D eigenvalue weighted by atomic mass is 9.81. The Balaban J connectivity index is 1.61. The molecular formula is C22H34N2O. The fourth-order valence-electron chi connectivity index (χ4n) is 4.70. The average molecular weight is 343 g/mol. The van der Waals surface area contributed by atoms with Gasteiger partial charge in [0, 0.05) is 6.04 Å². The molecule has 1 atom stereocenters. The first kappa shape index (κ1) is 18.4. The van der Waals surface area contributed by atoms with E-state index in [2.05, 4.69) is 47.6 Å². The summed E-state index contributed by atoms with van der Waals surface area (Å²) in [5.41, 5.74) is 1.27. The third kappa shape index (κ3) is 5.31. The van der Waals surface area contributed by atoms with Gasteiger partial charge >= 0.3 is 0 Å². The van der Waals surface area contributed by atoms with E-state index in [9.17, 15) is 4.79 Å². The number of hydrogen-bond acceptors (Lipinski definition) is 2. The van der Waals surface area contributed by atoms with Crippen molar-refractivity contribution in [2.45, 2.75) is 76.3 Å². The van der Waals surface area contributed by atoms with Crippen LogP contribution >= 0.6 is 0 Å². The van der Waals surface area contributed by atoms with Crippen LogP contribution in [0.2, 0.25) is 0 Å². The second-order valence-corrected chi connectivity index (χ2v) is 8.06. The zero-order valence-electron chi connectivity index (χ0n) is 15.8. The summed E-state index contributed by atoms with van der Waals surface area (Å²) in [5.74, 6) is 0.771. The molecule has 0 aromatic heterocycles. The van der Waals surface area contributed by atoms with E-state index in [1.54, 1.807) is 0 Å². The summed E-state index contributed by atoms with van der Waals surface area (Å²) in [6.45, 7) is 0.528. The molecule has 3 rings (SSSR count). The molecule has 1 aromatic rings. The van der Waals surface area contributed by atoms with Crippen molar-refractivity contribution in [1.82, 2.24) is 10.2 Å². The molecule has 1 aromatic carbocycles. The molecule has 0 saturated heterocycles. The highest BCUT2D eigenvalue weighted by atomic mass is 16.2. The predicted octanol–water partition coefficient (Wildman–Crippen LogP) is 4.69. The number of rotatable bonds is 6. The Morgan fingerprint density at radius 3 is 2.24 bits per heavy atom. The average Bonchev–Trinajstić information content (AvgIpc) is 2.68. The Hall–Kier alpha value is -1.35. The highest BCUT2D eigenvalue weighted by molar-refractivity contribution is 5.78.